The second kappa shape index (κ2) is 9.34. The summed E-state index contributed by atoms with van der Waals surface area (Å²) in [6, 6.07) is 14.9. The number of hydrogen-bond donors (Lipinski definition) is 2. The van der Waals surface area contributed by atoms with Gasteiger partial charge in [-0.15, -0.1) is 0 Å². The van der Waals surface area contributed by atoms with Crippen LogP contribution in [0, 0.1) is 0 Å². The van der Waals surface area contributed by atoms with Gasteiger partial charge in [0.2, 0.25) is 5.91 Å². The van der Waals surface area contributed by atoms with Crippen molar-refractivity contribution in [2.75, 3.05) is 13.1 Å². The van der Waals surface area contributed by atoms with E-state index in [0.717, 1.165) is 25.2 Å². The third-order valence-corrected chi connectivity index (χ3v) is 5.02. The lowest BCUT2D eigenvalue weighted by Crippen LogP contribution is -2.36. The first kappa shape index (κ1) is 20.5. The van der Waals surface area contributed by atoms with Gasteiger partial charge in [0, 0.05) is 13.1 Å². The number of carbonyl (C=O) groups excluding carboxylic acids is 1. The minimum absolute atomic E-state index is 0.157. The molecule has 29 heavy (non-hydrogen) atoms. The van der Waals surface area contributed by atoms with Crippen LogP contribution in [0.2, 0.25) is 0 Å². The summed E-state index contributed by atoms with van der Waals surface area (Å²) < 4.78 is 1.28. The molecule has 0 fully saturated rings. The number of H-pyrrole nitrogens is 1. The molecule has 7 nitrogen and oxygen atoms in total. The van der Waals surface area contributed by atoms with Gasteiger partial charge in [0.15, 0.2) is 0 Å². The Morgan fingerprint density at radius 1 is 1.00 bits per heavy atom. The number of benzene rings is 2. The second-order valence-electron chi connectivity index (χ2n) is 6.92. The van der Waals surface area contributed by atoms with Crippen LogP contribution in [-0.2, 0) is 24.4 Å². The third kappa shape index (κ3) is 5.00. The van der Waals surface area contributed by atoms with Gasteiger partial charge in [-0.05, 0) is 36.3 Å². The van der Waals surface area contributed by atoms with Crippen LogP contribution in [0.1, 0.15) is 25.0 Å². The molecule has 1 aromatic heterocycles. The van der Waals surface area contributed by atoms with Gasteiger partial charge >= 0.3 is 5.69 Å². The number of fused-ring (bicyclic) bond motifs is 1. The molecule has 0 atom stereocenters. The molecule has 0 radical (unpaired) electrons. The Kier molecular flexibility index (Phi) is 6.61. The van der Waals surface area contributed by atoms with E-state index in [-0.39, 0.29) is 12.5 Å². The minimum Gasteiger partial charge on any atom is -0.350 e. The Morgan fingerprint density at radius 2 is 1.66 bits per heavy atom. The van der Waals surface area contributed by atoms with Gasteiger partial charge in [0.05, 0.1) is 10.9 Å². The molecule has 0 aliphatic rings. The summed E-state index contributed by atoms with van der Waals surface area (Å²) in [5, 5.41) is 3.21. The molecule has 0 saturated heterocycles. The van der Waals surface area contributed by atoms with E-state index in [2.05, 4.69) is 41.2 Å². The highest BCUT2D eigenvalue weighted by Crippen LogP contribution is 2.08. The molecular weight excluding hydrogens is 368 g/mol. The average molecular weight is 394 g/mol. The van der Waals surface area contributed by atoms with Gasteiger partial charge in [-0.3, -0.25) is 24.0 Å². The maximum atomic E-state index is 12.4. The monoisotopic (exact) mass is 394 g/mol. The topological polar surface area (TPSA) is 87.2 Å². The smallest absolute Gasteiger partial charge is 0.329 e. The van der Waals surface area contributed by atoms with Crippen molar-refractivity contribution in [1.29, 1.82) is 0 Å². The zero-order valence-electron chi connectivity index (χ0n) is 16.8. The van der Waals surface area contributed by atoms with Crippen molar-refractivity contribution in [3.05, 3.63) is 80.5 Å². The standard InChI is InChI=1S/C22H26N4O3/c1-3-25(4-2)14-17-11-9-16(10-12-17)13-23-20(27)15-26-19-8-6-5-7-18(19)21(28)24-22(26)29/h5-12H,3-4,13-15H2,1-2H3,(H,23,27)(H,24,28,29). The van der Waals surface area contributed by atoms with Gasteiger partial charge in [-0.25, -0.2) is 4.79 Å². The number of nitrogens with zero attached hydrogens (tertiary/aromatic N) is 2. The van der Waals surface area contributed by atoms with Gasteiger partial charge < -0.3 is 5.32 Å². The van der Waals surface area contributed by atoms with Crippen LogP contribution >= 0.6 is 0 Å². The largest absolute Gasteiger partial charge is 0.350 e. The fourth-order valence-electron chi connectivity index (χ4n) is 3.27. The van der Waals surface area contributed by atoms with Crippen molar-refractivity contribution in [3.8, 4) is 0 Å². The van der Waals surface area contributed by atoms with Gasteiger partial charge in [-0.1, -0.05) is 50.2 Å². The second-order valence-corrected chi connectivity index (χ2v) is 6.92. The summed E-state index contributed by atoms with van der Waals surface area (Å²) in [5.41, 5.74) is 1.61. The first-order valence-electron chi connectivity index (χ1n) is 9.80. The molecule has 0 spiro atoms. The minimum atomic E-state index is -0.593. The summed E-state index contributed by atoms with van der Waals surface area (Å²) >= 11 is 0. The average Bonchev–Trinajstić information content (AvgIpc) is 2.74. The predicted molar refractivity (Wildman–Crippen MR) is 114 cm³/mol. The zero-order valence-corrected chi connectivity index (χ0v) is 16.8. The number of carbonyl (C=O) groups is 1. The van der Waals surface area contributed by atoms with Crippen LogP contribution in [-0.4, -0.2) is 33.4 Å². The number of hydrogen-bond acceptors (Lipinski definition) is 4. The summed E-state index contributed by atoms with van der Waals surface area (Å²) in [6.45, 7) is 7.42. The molecule has 0 unspecified atom stereocenters. The molecule has 0 bridgehead atoms. The quantitative estimate of drug-likeness (QED) is 0.610. The van der Waals surface area contributed by atoms with Gasteiger partial charge in [0.1, 0.15) is 6.54 Å². The summed E-state index contributed by atoms with van der Waals surface area (Å²) in [4.78, 5) is 41.1. The lowest BCUT2D eigenvalue weighted by Gasteiger charge is -2.18. The highest BCUT2D eigenvalue weighted by Gasteiger charge is 2.10. The van der Waals surface area contributed by atoms with Crippen LogP contribution in [0.5, 0.6) is 0 Å². The molecule has 0 saturated carbocycles. The Balaban J connectivity index is 1.64. The number of nitrogens with one attached hydrogen (secondary N) is 2. The molecule has 7 heteroatoms. The highest BCUT2D eigenvalue weighted by atomic mass is 16.2. The molecule has 1 amide bonds. The fourth-order valence-corrected chi connectivity index (χ4v) is 3.27. The van der Waals surface area contributed by atoms with E-state index in [4.69, 9.17) is 0 Å². The molecule has 3 rings (SSSR count). The van der Waals surface area contributed by atoms with Crippen molar-refractivity contribution < 1.29 is 4.79 Å². The predicted octanol–water partition coefficient (Wildman–Crippen LogP) is 1.85. The van der Waals surface area contributed by atoms with Crippen LogP contribution in [0.15, 0.2) is 58.1 Å². The highest BCUT2D eigenvalue weighted by molar-refractivity contribution is 5.81. The first-order valence-corrected chi connectivity index (χ1v) is 9.80. The van der Waals surface area contributed by atoms with Gasteiger partial charge in [0.25, 0.3) is 5.56 Å². The summed E-state index contributed by atoms with van der Waals surface area (Å²) in [7, 11) is 0. The Labute approximate surface area is 169 Å². The number of aromatic nitrogens is 2. The maximum Gasteiger partial charge on any atom is 0.329 e. The Hall–Kier alpha value is -3.19. The molecule has 2 aromatic carbocycles. The molecule has 0 aliphatic heterocycles. The van der Waals surface area contributed by atoms with E-state index in [1.807, 2.05) is 12.1 Å². The van der Waals surface area contributed by atoms with E-state index in [1.54, 1.807) is 24.3 Å². The number of rotatable bonds is 8. The van der Waals surface area contributed by atoms with E-state index in [1.165, 1.54) is 10.1 Å². The van der Waals surface area contributed by atoms with Crippen molar-refractivity contribution >= 4 is 16.8 Å². The van der Waals surface area contributed by atoms with E-state index >= 15 is 0 Å². The van der Waals surface area contributed by atoms with Crippen LogP contribution in [0.3, 0.4) is 0 Å². The lowest BCUT2D eigenvalue weighted by molar-refractivity contribution is -0.121. The Morgan fingerprint density at radius 3 is 2.34 bits per heavy atom. The Bertz CT molecular complexity index is 1100. The fraction of sp³-hybridized carbons (Fsp3) is 0.318. The van der Waals surface area contributed by atoms with Gasteiger partial charge in [-0.2, -0.15) is 0 Å². The SMILES string of the molecule is CCN(CC)Cc1ccc(CNC(=O)Cn2c(=O)[nH]c(=O)c3ccccc32)cc1. The molecule has 152 valence electrons. The first-order chi connectivity index (χ1) is 14.0. The van der Waals surface area contributed by atoms with Crippen molar-refractivity contribution in [2.24, 2.45) is 0 Å². The maximum absolute atomic E-state index is 12.4. The number of para-hydroxylation sites is 1. The molecule has 1 heterocycles. The zero-order chi connectivity index (χ0) is 20.8. The lowest BCUT2D eigenvalue weighted by atomic mass is 10.1. The molecule has 2 N–H and O–H groups in total. The van der Waals surface area contributed by atoms with Crippen molar-refractivity contribution in [1.82, 2.24) is 19.8 Å². The van der Waals surface area contributed by atoms with E-state index in [0.29, 0.717) is 17.4 Å². The number of aromatic amines is 1. The summed E-state index contributed by atoms with van der Waals surface area (Å²) in [5.74, 6) is -0.295. The third-order valence-electron chi connectivity index (χ3n) is 5.02. The number of amides is 1. The van der Waals surface area contributed by atoms with Crippen LogP contribution in [0.25, 0.3) is 10.9 Å². The van der Waals surface area contributed by atoms with Crippen molar-refractivity contribution in [3.63, 3.8) is 0 Å². The van der Waals surface area contributed by atoms with Crippen LogP contribution in [0.4, 0.5) is 0 Å². The van der Waals surface area contributed by atoms with Crippen LogP contribution < -0.4 is 16.6 Å². The molecular formula is C22H26N4O3. The van der Waals surface area contributed by atoms with E-state index in [9.17, 15) is 14.4 Å². The van der Waals surface area contributed by atoms with Crippen molar-refractivity contribution in [2.45, 2.75) is 33.5 Å². The molecule has 0 aliphatic carbocycles. The van der Waals surface area contributed by atoms with E-state index < -0.39 is 11.2 Å². The normalized spacial score (nSPS) is 11.1. The molecule has 3 aromatic rings. The summed E-state index contributed by atoms with van der Waals surface area (Å²) in [6.07, 6.45) is 0.